The van der Waals surface area contributed by atoms with Crippen LogP contribution in [0.5, 0.6) is 11.5 Å². The van der Waals surface area contributed by atoms with Gasteiger partial charge in [-0.1, -0.05) is 37.3 Å². The number of hydrogen-bond acceptors (Lipinski definition) is 4. The number of benzene rings is 1. The van der Waals surface area contributed by atoms with Crippen molar-refractivity contribution >= 4 is 0 Å². The zero-order valence-corrected chi connectivity index (χ0v) is 14.5. The number of rotatable bonds is 6. The van der Waals surface area contributed by atoms with E-state index < -0.39 is 0 Å². The molecule has 0 aromatic heterocycles. The van der Waals surface area contributed by atoms with Gasteiger partial charge in [0.1, 0.15) is 12.2 Å². The molecule has 1 saturated heterocycles. The van der Waals surface area contributed by atoms with Crippen LogP contribution in [0.4, 0.5) is 0 Å². The van der Waals surface area contributed by atoms with Crippen LogP contribution in [0.3, 0.4) is 0 Å². The zero-order chi connectivity index (χ0) is 16.8. The number of morpholine rings is 1. The van der Waals surface area contributed by atoms with E-state index in [1.54, 1.807) is 0 Å². The Kier molecular flexibility index (Phi) is 5.94. The van der Waals surface area contributed by atoms with E-state index in [0.717, 1.165) is 37.6 Å². The van der Waals surface area contributed by atoms with Gasteiger partial charge in [0, 0.05) is 13.1 Å². The number of ether oxygens (including phenoxy) is 3. The van der Waals surface area contributed by atoms with Gasteiger partial charge in [-0.2, -0.15) is 0 Å². The van der Waals surface area contributed by atoms with Crippen molar-refractivity contribution in [1.82, 2.24) is 5.32 Å². The van der Waals surface area contributed by atoms with Crippen LogP contribution < -0.4 is 14.8 Å². The lowest BCUT2D eigenvalue weighted by Gasteiger charge is -2.35. The smallest absolute Gasteiger partial charge is 0.162 e. The highest BCUT2D eigenvalue weighted by molar-refractivity contribution is 5.40. The maximum Gasteiger partial charge on any atom is 0.162 e. The Morgan fingerprint density at radius 3 is 2.83 bits per heavy atom. The molecule has 1 aliphatic heterocycles. The number of hydrogen-bond donors (Lipinski definition) is 1. The maximum atomic E-state index is 6.46. The Balaban J connectivity index is 1.87. The molecule has 130 valence electrons. The second-order valence-corrected chi connectivity index (χ2v) is 6.26. The molecule has 1 heterocycles. The van der Waals surface area contributed by atoms with Crippen LogP contribution in [-0.4, -0.2) is 38.5 Å². The van der Waals surface area contributed by atoms with E-state index in [1.165, 1.54) is 5.57 Å². The highest BCUT2D eigenvalue weighted by Gasteiger charge is 2.32. The summed E-state index contributed by atoms with van der Waals surface area (Å²) in [5.41, 5.74) is 1.29. The molecule has 0 radical (unpaired) electrons. The largest absolute Gasteiger partial charge is 0.490 e. The van der Waals surface area contributed by atoms with Gasteiger partial charge in [-0.15, -0.1) is 0 Å². The van der Waals surface area contributed by atoms with Crippen LogP contribution >= 0.6 is 0 Å². The molecular weight excluding hydrogens is 302 g/mol. The van der Waals surface area contributed by atoms with Gasteiger partial charge in [-0.05, 0) is 37.0 Å². The zero-order valence-electron chi connectivity index (χ0n) is 14.5. The summed E-state index contributed by atoms with van der Waals surface area (Å²) in [6.45, 7) is 7.27. The molecule has 0 saturated carbocycles. The monoisotopic (exact) mass is 329 g/mol. The van der Waals surface area contributed by atoms with Gasteiger partial charge >= 0.3 is 0 Å². The molecule has 1 aromatic rings. The van der Waals surface area contributed by atoms with Gasteiger partial charge in [0.25, 0.3) is 0 Å². The first kappa shape index (κ1) is 17.1. The summed E-state index contributed by atoms with van der Waals surface area (Å²) in [6.07, 6.45) is 7.45. The Morgan fingerprint density at radius 2 is 2.12 bits per heavy atom. The van der Waals surface area contributed by atoms with Crippen LogP contribution in [0.2, 0.25) is 0 Å². The quantitative estimate of drug-likeness (QED) is 0.869. The van der Waals surface area contributed by atoms with Crippen LogP contribution in [0.1, 0.15) is 20.3 Å². The van der Waals surface area contributed by atoms with E-state index in [1.807, 2.05) is 31.2 Å². The average Bonchev–Trinajstić information content (AvgIpc) is 2.63. The van der Waals surface area contributed by atoms with Crippen molar-refractivity contribution < 1.29 is 14.2 Å². The van der Waals surface area contributed by atoms with E-state index in [9.17, 15) is 0 Å². The summed E-state index contributed by atoms with van der Waals surface area (Å²) in [5, 5.41) is 3.41. The summed E-state index contributed by atoms with van der Waals surface area (Å²) in [4.78, 5) is 0. The Bertz CT molecular complexity index is 590. The third-order valence-electron chi connectivity index (χ3n) is 4.51. The third-order valence-corrected chi connectivity index (χ3v) is 4.51. The van der Waals surface area contributed by atoms with Gasteiger partial charge in [0.15, 0.2) is 11.5 Å². The van der Waals surface area contributed by atoms with Crippen LogP contribution in [0, 0.1) is 5.92 Å². The van der Waals surface area contributed by atoms with E-state index in [2.05, 4.69) is 30.5 Å². The van der Waals surface area contributed by atoms with Crippen molar-refractivity contribution in [2.24, 2.45) is 5.92 Å². The molecule has 1 aromatic carbocycles. The topological polar surface area (TPSA) is 39.7 Å². The summed E-state index contributed by atoms with van der Waals surface area (Å²) >= 11 is 0. The van der Waals surface area contributed by atoms with Gasteiger partial charge in [0.2, 0.25) is 0 Å². The fourth-order valence-corrected chi connectivity index (χ4v) is 3.24. The third kappa shape index (κ3) is 4.00. The molecule has 3 rings (SSSR count). The predicted molar refractivity (Wildman–Crippen MR) is 95.6 cm³/mol. The first-order valence-electron chi connectivity index (χ1n) is 8.87. The van der Waals surface area contributed by atoms with E-state index in [4.69, 9.17) is 14.2 Å². The average molecular weight is 329 g/mol. The van der Waals surface area contributed by atoms with Gasteiger partial charge in [-0.3, -0.25) is 0 Å². The van der Waals surface area contributed by atoms with Gasteiger partial charge in [0.05, 0.1) is 13.2 Å². The molecule has 1 fully saturated rings. The normalized spacial score (nSPS) is 25.0. The highest BCUT2D eigenvalue weighted by Crippen LogP contribution is 2.33. The first-order chi connectivity index (χ1) is 11.8. The van der Waals surface area contributed by atoms with E-state index in [0.29, 0.717) is 12.5 Å². The number of nitrogens with one attached hydrogen (secondary N) is 1. The minimum Gasteiger partial charge on any atom is -0.490 e. The molecule has 24 heavy (non-hydrogen) atoms. The van der Waals surface area contributed by atoms with E-state index in [-0.39, 0.29) is 12.2 Å². The predicted octanol–water partition coefficient (Wildman–Crippen LogP) is 3.34. The Hall–Kier alpha value is -1.78. The summed E-state index contributed by atoms with van der Waals surface area (Å²) in [6, 6.07) is 7.87. The summed E-state index contributed by atoms with van der Waals surface area (Å²) in [5.74, 6) is 2.01. The molecular formula is C20H27NO3. The molecule has 2 aliphatic rings. The van der Waals surface area contributed by atoms with Crippen LogP contribution in [0.15, 0.2) is 48.1 Å². The van der Waals surface area contributed by atoms with Gasteiger partial charge < -0.3 is 19.5 Å². The van der Waals surface area contributed by atoms with Crippen molar-refractivity contribution in [2.75, 3.05) is 26.3 Å². The van der Waals surface area contributed by atoms with Crippen molar-refractivity contribution in [3.8, 4) is 11.5 Å². The lowest BCUT2D eigenvalue weighted by Crippen LogP contribution is -2.48. The molecule has 0 bridgehead atoms. The molecule has 4 heteroatoms. The Morgan fingerprint density at radius 1 is 1.29 bits per heavy atom. The lowest BCUT2D eigenvalue weighted by molar-refractivity contribution is -0.0322. The van der Waals surface area contributed by atoms with Crippen molar-refractivity contribution in [3.05, 3.63) is 48.1 Å². The molecule has 0 spiro atoms. The lowest BCUT2D eigenvalue weighted by atomic mass is 9.87. The molecule has 0 amide bonds. The standard InChI is InChI=1S/C20H27NO3/c1-3-22-17-10-6-7-11-18(17)24-20(19-14-21-12-13-23-19)16-9-5-4-8-15(16)2/h4-7,9-11,15,19-21H,3,8,12-14H2,1-2H3. The molecule has 1 aliphatic carbocycles. The first-order valence-corrected chi connectivity index (χ1v) is 8.87. The summed E-state index contributed by atoms with van der Waals surface area (Å²) in [7, 11) is 0. The maximum absolute atomic E-state index is 6.46. The van der Waals surface area contributed by atoms with Crippen molar-refractivity contribution in [3.63, 3.8) is 0 Å². The second-order valence-electron chi connectivity index (χ2n) is 6.26. The number of allylic oxidation sites excluding steroid dienone is 3. The second kappa shape index (κ2) is 8.36. The summed E-state index contributed by atoms with van der Waals surface area (Å²) < 4.78 is 18.2. The van der Waals surface area contributed by atoms with Gasteiger partial charge in [-0.25, -0.2) is 0 Å². The highest BCUT2D eigenvalue weighted by atomic mass is 16.6. The molecule has 1 N–H and O–H groups in total. The SMILES string of the molecule is CCOc1ccccc1OC(C1=CC=CCC1C)C1CNCCO1. The number of para-hydroxylation sites is 2. The Labute approximate surface area is 144 Å². The van der Waals surface area contributed by atoms with Crippen molar-refractivity contribution in [1.29, 1.82) is 0 Å². The van der Waals surface area contributed by atoms with Crippen LogP contribution in [0.25, 0.3) is 0 Å². The fourth-order valence-electron chi connectivity index (χ4n) is 3.24. The van der Waals surface area contributed by atoms with Crippen molar-refractivity contribution in [2.45, 2.75) is 32.5 Å². The minimum absolute atomic E-state index is 0.00799. The van der Waals surface area contributed by atoms with Crippen LogP contribution in [-0.2, 0) is 4.74 Å². The molecule has 3 unspecified atom stereocenters. The minimum atomic E-state index is -0.112. The molecule has 3 atom stereocenters. The fraction of sp³-hybridized carbons (Fsp3) is 0.500. The molecule has 4 nitrogen and oxygen atoms in total. The van der Waals surface area contributed by atoms with E-state index >= 15 is 0 Å².